The number of benzene rings is 1. The molecule has 0 saturated carbocycles. The fourth-order valence-corrected chi connectivity index (χ4v) is 4.13. The van der Waals surface area contributed by atoms with Gasteiger partial charge in [0.15, 0.2) is 0 Å². The van der Waals surface area contributed by atoms with Crippen molar-refractivity contribution in [1.29, 1.82) is 0 Å². The number of amides is 1. The van der Waals surface area contributed by atoms with Crippen LogP contribution in [0.5, 0.6) is 0 Å². The number of nitrogens with one attached hydrogen (secondary N) is 1. The number of esters is 2. The zero-order chi connectivity index (χ0) is 24.0. The molecule has 0 spiro atoms. The zero-order valence-electron chi connectivity index (χ0n) is 18.9. The van der Waals surface area contributed by atoms with Crippen molar-refractivity contribution in [3.63, 3.8) is 0 Å². The van der Waals surface area contributed by atoms with E-state index in [1.54, 1.807) is 20.8 Å². The number of anilines is 1. The number of hydrogen-bond donors (Lipinski definition) is 1. The van der Waals surface area contributed by atoms with Crippen molar-refractivity contribution in [3.8, 4) is 11.4 Å². The predicted octanol–water partition coefficient (Wildman–Crippen LogP) is 4.34. The Morgan fingerprint density at radius 2 is 1.70 bits per heavy atom. The number of ether oxygens (including phenoxy) is 2. The number of hydrogen-bond acceptors (Lipinski definition) is 9. The highest BCUT2D eigenvalue weighted by atomic mass is 32.1. The van der Waals surface area contributed by atoms with Crippen LogP contribution >= 0.6 is 11.3 Å². The minimum Gasteiger partial charge on any atom is -0.462 e. The molecule has 0 saturated heterocycles. The maximum atomic E-state index is 12.6. The van der Waals surface area contributed by atoms with E-state index in [0.29, 0.717) is 17.3 Å². The minimum absolute atomic E-state index is 0.0451. The Morgan fingerprint density at radius 1 is 1.03 bits per heavy atom. The zero-order valence-corrected chi connectivity index (χ0v) is 19.7. The van der Waals surface area contributed by atoms with Crippen LogP contribution in [0, 0.1) is 13.8 Å². The molecule has 3 rings (SSSR count). The van der Waals surface area contributed by atoms with Crippen LogP contribution in [0.15, 0.2) is 28.8 Å². The minimum atomic E-state index is -0.614. The van der Waals surface area contributed by atoms with Crippen molar-refractivity contribution in [2.24, 2.45) is 0 Å². The van der Waals surface area contributed by atoms with E-state index in [9.17, 15) is 14.4 Å². The maximum absolute atomic E-state index is 12.6. The van der Waals surface area contributed by atoms with Crippen molar-refractivity contribution in [2.75, 3.05) is 18.5 Å². The largest absolute Gasteiger partial charge is 0.462 e. The van der Waals surface area contributed by atoms with Gasteiger partial charge in [-0.3, -0.25) is 4.79 Å². The summed E-state index contributed by atoms with van der Waals surface area (Å²) in [5.41, 5.74) is 2.50. The second kappa shape index (κ2) is 10.9. The first-order chi connectivity index (χ1) is 15.8. The van der Waals surface area contributed by atoms with Gasteiger partial charge in [-0.2, -0.15) is 4.98 Å². The van der Waals surface area contributed by atoms with Gasteiger partial charge in [-0.05, 0) is 33.3 Å². The van der Waals surface area contributed by atoms with Gasteiger partial charge in [-0.15, -0.1) is 11.3 Å². The molecule has 0 aliphatic carbocycles. The molecule has 3 aromatic rings. The van der Waals surface area contributed by atoms with Crippen LogP contribution in [0.3, 0.4) is 0 Å². The van der Waals surface area contributed by atoms with Gasteiger partial charge in [0, 0.05) is 18.4 Å². The molecule has 0 radical (unpaired) electrons. The van der Waals surface area contributed by atoms with E-state index in [0.717, 1.165) is 22.5 Å². The van der Waals surface area contributed by atoms with E-state index >= 15 is 0 Å². The van der Waals surface area contributed by atoms with Gasteiger partial charge in [0.2, 0.25) is 17.6 Å². The van der Waals surface area contributed by atoms with E-state index in [1.807, 2.05) is 31.2 Å². The molecule has 0 aliphatic rings. The normalized spacial score (nSPS) is 10.7. The van der Waals surface area contributed by atoms with Crippen LogP contribution in [0.25, 0.3) is 11.4 Å². The third kappa shape index (κ3) is 5.83. The first-order valence-electron chi connectivity index (χ1n) is 10.5. The highest BCUT2D eigenvalue weighted by Gasteiger charge is 2.27. The quantitative estimate of drug-likeness (QED) is 0.458. The first kappa shape index (κ1) is 24.1. The molecule has 33 heavy (non-hydrogen) atoms. The molecule has 174 valence electrons. The van der Waals surface area contributed by atoms with E-state index < -0.39 is 11.9 Å². The number of carbonyl (C=O) groups is 3. The Hall–Kier alpha value is -3.53. The molecule has 10 heteroatoms. The number of aromatic nitrogens is 2. The van der Waals surface area contributed by atoms with Crippen LogP contribution in [-0.4, -0.2) is 41.2 Å². The fourth-order valence-electron chi connectivity index (χ4n) is 3.03. The molecule has 9 nitrogen and oxygen atoms in total. The number of thiophene rings is 1. The van der Waals surface area contributed by atoms with Crippen LogP contribution in [0.4, 0.5) is 5.00 Å². The number of rotatable bonds is 9. The standard InChI is InChI=1S/C23H25N3O6S/c1-5-30-22(28)18-14(4)19(23(29)31-6-2)33-21(18)24-16(27)11-12-17-25-20(26-32-17)15-9-7-13(3)8-10-15/h7-10H,5-6,11-12H2,1-4H3,(H,24,27). The lowest BCUT2D eigenvalue weighted by Gasteiger charge is -2.06. The summed E-state index contributed by atoms with van der Waals surface area (Å²) in [6, 6.07) is 7.70. The molecule has 0 bridgehead atoms. The molecular weight excluding hydrogens is 446 g/mol. The average Bonchev–Trinajstić information content (AvgIpc) is 3.38. The molecule has 2 heterocycles. The molecule has 0 fully saturated rings. The van der Waals surface area contributed by atoms with Crippen LogP contribution in [0.2, 0.25) is 0 Å². The van der Waals surface area contributed by atoms with Crippen molar-refractivity contribution in [2.45, 2.75) is 40.5 Å². The Labute approximate surface area is 195 Å². The fraction of sp³-hybridized carbons (Fsp3) is 0.348. The van der Waals surface area contributed by atoms with Gasteiger partial charge >= 0.3 is 11.9 Å². The van der Waals surface area contributed by atoms with E-state index in [4.69, 9.17) is 14.0 Å². The maximum Gasteiger partial charge on any atom is 0.348 e. The van der Waals surface area contributed by atoms with E-state index in [2.05, 4.69) is 15.5 Å². The summed E-state index contributed by atoms with van der Waals surface area (Å²) in [5, 5.41) is 6.90. The summed E-state index contributed by atoms with van der Waals surface area (Å²) < 4.78 is 15.4. The lowest BCUT2D eigenvalue weighted by molar-refractivity contribution is -0.116. The summed E-state index contributed by atoms with van der Waals surface area (Å²) in [7, 11) is 0. The molecule has 0 unspecified atom stereocenters. The topological polar surface area (TPSA) is 121 Å². The molecule has 1 N–H and O–H groups in total. The highest BCUT2D eigenvalue weighted by molar-refractivity contribution is 7.18. The van der Waals surface area contributed by atoms with Crippen LogP contribution in [-0.2, 0) is 20.7 Å². The summed E-state index contributed by atoms with van der Waals surface area (Å²) in [4.78, 5) is 41.9. The summed E-state index contributed by atoms with van der Waals surface area (Å²) in [6.45, 7) is 7.34. The second-order valence-electron chi connectivity index (χ2n) is 7.13. The molecule has 0 aliphatic heterocycles. The smallest absolute Gasteiger partial charge is 0.348 e. The SMILES string of the molecule is CCOC(=O)c1sc(NC(=O)CCc2nc(-c3ccc(C)cc3)no2)c(C(=O)OCC)c1C. The van der Waals surface area contributed by atoms with Gasteiger partial charge in [-0.25, -0.2) is 9.59 Å². The van der Waals surface area contributed by atoms with E-state index in [1.165, 1.54) is 0 Å². The summed E-state index contributed by atoms with van der Waals surface area (Å²) in [6.07, 6.45) is 0.262. The van der Waals surface area contributed by atoms with Gasteiger partial charge in [0.25, 0.3) is 0 Å². The average molecular weight is 472 g/mol. The second-order valence-corrected chi connectivity index (χ2v) is 8.15. The van der Waals surface area contributed by atoms with E-state index in [-0.39, 0.29) is 47.4 Å². The lowest BCUT2D eigenvalue weighted by atomic mass is 10.1. The Balaban J connectivity index is 1.70. The van der Waals surface area contributed by atoms with Gasteiger partial charge in [-0.1, -0.05) is 35.0 Å². The van der Waals surface area contributed by atoms with Crippen molar-refractivity contribution >= 4 is 34.2 Å². The van der Waals surface area contributed by atoms with Crippen LogP contribution < -0.4 is 5.32 Å². The molecule has 0 atom stereocenters. The third-order valence-electron chi connectivity index (χ3n) is 4.68. The number of nitrogens with zero attached hydrogens (tertiary/aromatic N) is 2. The number of aryl methyl sites for hydroxylation is 2. The highest BCUT2D eigenvalue weighted by Crippen LogP contribution is 2.34. The van der Waals surface area contributed by atoms with Crippen molar-refractivity contribution in [3.05, 3.63) is 51.7 Å². The molecule has 1 aromatic carbocycles. The lowest BCUT2D eigenvalue weighted by Crippen LogP contribution is -2.15. The first-order valence-corrected chi connectivity index (χ1v) is 11.3. The Kier molecular flexibility index (Phi) is 7.94. The van der Waals surface area contributed by atoms with Crippen molar-refractivity contribution < 1.29 is 28.4 Å². The van der Waals surface area contributed by atoms with Gasteiger partial charge in [0.05, 0.1) is 18.8 Å². The molecular formula is C23H25N3O6S. The summed E-state index contributed by atoms with van der Waals surface area (Å²) >= 11 is 0.982. The number of carbonyl (C=O) groups excluding carboxylic acids is 3. The summed E-state index contributed by atoms with van der Waals surface area (Å²) in [5.74, 6) is -0.770. The predicted molar refractivity (Wildman–Crippen MR) is 122 cm³/mol. The van der Waals surface area contributed by atoms with Gasteiger partial charge < -0.3 is 19.3 Å². The van der Waals surface area contributed by atoms with Crippen LogP contribution in [0.1, 0.15) is 57.3 Å². The molecule has 1 amide bonds. The molecule has 2 aromatic heterocycles. The monoisotopic (exact) mass is 471 g/mol. The Bertz CT molecular complexity index is 1150. The third-order valence-corrected chi connectivity index (χ3v) is 5.87. The van der Waals surface area contributed by atoms with Crippen molar-refractivity contribution in [1.82, 2.24) is 10.1 Å². The Morgan fingerprint density at radius 3 is 2.36 bits per heavy atom. The van der Waals surface area contributed by atoms with Gasteiger partial charge in [0.1, 0.15) is 9.88 Å².